The van der Waals surface area contributed by atoms with Crippen LogP contribution < -0.4 is 11.5 Å². The summed E-state index contributed by atoms with van der Waals surface area (Å²) in [4.78, 5) is 11.6. The van der Waals surface area contributed by atoms with E-state index in [1.807, 2.05) is 13.8 Å². The summed E-state index contributed by atoms with van der Waals surface area (Å²) in [5.41, 5.74) is 11.6. The number of hydrogen-bond acceptors (Lipinski definition) is 5. The number of nitrogen functional groups attached to an aromatic ring is 1. The van der Waals surface area contributed by atoms with Crippen LogP contribution in [0.15, 0.2) is 29.2 Å². The zero-order chi connectivity index (χ0) is 17.5. The summed E-state index contributed by atoms with van der Waals surface area (Å²) in [6.07, 6.45) is 2.67. The molecule has 0 aliphatic rings. The molecule has 0 bridgehead atoms. The maximum absolute atomic E-state index is 12.9. The Balaban J connectivity index is 3.11. The topological polar surface area (TPSA) is 106 Å². The Morgan fingerprint density at radius 3 is 2.26 bits per heavy atom. The average molecular weight is 341 g/mol. The summed E-state index contributed by atoms with van der Waals surface area (Å²) in [7, 11) is -3.75. The Bertz CT molecular complexity index is 585. The third kappa shape index (κ3) is 5.60. The predicted molar refractivity (Wildman–Crippen MR) is 92.3 cm³/mol. The van der Waals surface area contributed by atoms with Crippen LogP contribution in [-0.4, -0.2) is 38.1 Å². The largest absolute Gasteiger partial charge is 0.399 e. The Labute approximate surface area is 138 Å². The molecule has 1 aromatic rings. The SMILES string of the molecule is CC(C)CN([C@H](C=O)CCCCN)S(=O)(=O)c1ccc(N)cc1. The van der Waals surface area contributed by atoms with Crippen molar-refractivity contribution in [3.63, 3.8) is 0 Å². The fourth-order valence-electron chi connectivity index (χ4n) is 2.32. The minimum atomic E-state index is -3.75. The molecular formula is C16H27N3O3S. The molecule has 0 unspecified atom stereocenters. The zero-order valence-electron chi connectivity index (χ0n) is 13.8. The maximum atomic E-state index is 12.9. The molecule has 0 aliphatic carbocycles. The van der Waals surface area contributed by atoms with Gasteiger partial charge in [0.2, 0.25) is 10.0 Å². The summed E-state index contributed by atoms with van der Waals surface area (Å²) in [6.45, 7) is 4.67. The van der Waals surface area contributed by atoms with Gasteiger partial charge in [-0.05, 0) is 49.6 Å². The molecule has 0 saturated heterocycles. The summed E-state index contributed by atoms with van der Waals surface area (Å²) < 4.78 is 27.1. The number of nitrogens with zero attached hydrogens (tertiary/aromatic N) is 1. The van der Waals surface area contributed by atoms with E-state index in [1.54, 1.807) is 12.1 Å². The van der Waals surface area contributed by atoms with Gasteiger partial charge in [-0.25, -0.2) is 8.42 Å². The van der Waals surface area contributed by atoms with Gasteiger partial charge >= 0.3 is 0 Å². The van der Waals surface area contributed by atoms with Crippen LogP contribution in [0.1, 0.15) is 33.1 Å². The fraction of sp³-hybridized carbons (Fsp3) is 0.562. The van der Waals surface area contributed by atoms with Crippen LogP contribution in [0.5, 0.6) is 0 Å². The second-order valence-corrected chi connectivity index (χ2v) is 7.92. The van der Waals surface area contributed by atoms with Crippen molar-refractivity contribution in [1.82, 2.24) is 4.31 Å². The molecule has 7 heteroatoms. The highest BCUT2D eigenvalue weighted by Gasteiger charge is 2.31. The Hall–Kier alpha value is -1.44. The Kier molecular flexibility index (Phi) is 7.67. The molecular weight excluding hydrogens is 314 g/mol. The van der Waals surface area contributed by atoms with Crippen LogP contribution in [0.2, 0.25) is 0 Å². The van der Waals surface area contributed by atoms with Crippen molar-refractivity contribution >= 4 is 22.0 Å². The molecule has 4 N–H and O–H groups in total. The number of benzene rings is 1. The number of carbonyl (C=O) groups is 1. The van der Waals surface area contributed by atoms with Crippen molar-refractivity contribution < 1.29 is 13.2 Å². The van der Waals surface area contributed by atoms with Gasteiger partial charge in [-0.3, -0.25) is 0 Å². The molecule has 1 atom stereocenters. The van der Waals surface area contributed by atoms with E-state index in [2.05, 4.69) is 0 Å². The predicted octanol–water partition coefficient (Wildman–Crippen LogP) is 1.61. The highest BCUT2D eigenvalue weighted by atomic mass is 32.2. The number of aldehydes is 1. The molecule has 0 amide bonds. The van der Waals surface area contributed by atoms with Crippen molar-refractivity contribution in [3.8, 4) is 0 Å². The number of carbonyl (C=O) groups excluding carboxylic acids is 1. The molecule has 1 rings (SSSR count). The van der Waals surface area contributed by atoms with Gasteiger partial charge < -0.3 is 16.3 Å². The lowest BCUT2D eigenvalue weighted by Crippen LogP contribution is -2.43. The van der Waals surface area contributed by atoms with E-state index in [-0.39, 0.29) is 10.8 Å². The second-order valence-electron chi connectivity index (χ2n) is 6.03. The van der Waals surface area contributed by atoms with Crippen molar-refractivity contribution in [2.24, 2.45) is 11.7 Å². The van der Waals surface area contributed by atoms with Gasteiger partial charge in [0, 0.05) is 12.2 Å². The summed E-state index contributed by atoms with van der Waals surface area (Å²) in [6, 6.07) is 5.36. The summed E-state index contributed by atoms with van der Waals surface area (Å²) in [5.74, 6) is 0.107. The highest BCUT2D eigenvalue weighted by molar-refractivity contribution is 7.89. The molecule has 0 fully saturated rings. The van der Waals surface area contributed by atoms with Crippen LogP contribution in [0, 0.1) is 5.92 Å². The standard InChI is InChI=1S/C16H27N3O3S/c1-13(2)11-19(15(12-20)5-3-4-10-17)23(21,22)16-8-6-14(18)7-9-16/h6-9,12-13,15H,3-5,10-11,17-18H2,1-2H3/t15-/m0/s1. The first-order chi connectivity index (χ1) is 10.8. The first-order valence-corrected chi connectivity index (χ1v) is 9.29. The van der Waals surface area contributed by atoms with Gasteiger partial charge in [0.05, 0.1) is 10.9 Å². The van der Waals surface area contributed by atoms with E-state index < -0.39 is 16.1 Å². The van der Waals surface area contributed by atoms with Gasteiger partial charge in [-0.1, -0.05) is 20.3 Å². The van der Waals surface area contributed by atoms with Crippen LogP contribution >= 0.6 is 0 Å². The first kappa shape index (κ1) is 19.6. The third-order valence-electron chi connectivity index (χ3n) is 3.51. The molecule has 1 aromatic carbocycles. The zero-order valence-corrected chi connectivity index (χ0v) is 14.6. The minimum absolute atomic E-state index is 0.107. The van der Waals surface area contributed by atoms with E-state index >= 15 is 0 Å². The van der Waals surface area contributed by atoms with Crippen molar-refractivity contribution in [2.45, 2.75) is 44.0 Å². The van der Waals surface area contributed by atoms with Gasteiger partial charge in [0.25, 0.3) is 0 Å². The quantitative estimate of drug-likeness (QED) is 0.382. The average Bonchev–Trinajstić information content (AvgIpc) is 2.50. The molecule has 23 heavy (non-hydrogen) atoms. The Morgan fingerprint density at radius 2 is 1.78 bits per heavy atom. The van der Waals surface area contributed by atoms with Gasteiger partial charge in [0.15, 0.2) is 0 Å². The van der Waals surface area contributed by atoms with Crippen molar-refractivity contribution in [1.29, 1.82) is 0 Å². The lowest BCUT2D eigenvalue weighted by atomic mass is 10.1. The smallest absolute Gasteiger partial charge is 0.243 e. The van der Waals surface area contributed by atoms with E-state index in [4.69, 9.17) is 11.5 Å². The first-order valence-electron chi connectivity index (χ1n) is 7.85. The molecule has 0 spiro atoms. The van der Waals surface area contributed by atoms with E-state index in [9.17, 15) is 13.2 Å². The molecule has 0 saturated carbocycles. The lowest BCUT2D eigenvalue weighted by molar-refractivity contribution is -0.111. The monoisotopic (exact) mass is 341 g/mol. The van der Waals surface area contributed by atoms with E-state index in [1.165, 1.54) is 16.4 Å². The number of hydrogen-bond donors (Lipinski definition) is 2. The van der Waals surface area contributed by atoms with Crippen LogP contribution in [0.25, 0.3) is 0 Å². The summed E-state index contributed by atoms with van der Waals surface area (Å²) in [5, 5.41) is 0. The molecule has 0 aliphatic heterocycles. The Morgan fingerprint density at radius 1 is 1.17 bits per heavy atom. The molecule has 130 valence electrons. The fourth-order valence-corrected chi connectivity index (χ4v) is 4.08. The molecule has 0 aromatic heterocycles. The minimum Gasteiger partial charge on any atom is -0.399 e. The number of sulfonamides is 1. The van der Waals surface area contributed by atoms with Crippen molar-refractivity contribution in [3.05, 3.63) is 24.3 Å². The summed E-state index contributed by atoms with van der Waals surface area (Å²) >= 11 is 0. The highest BCUT2D eigenvalue weighted by Crippen LogP contribution is 2.22. The number of anilines is 1. The maximum Gasteiger partial charge on any atom is 0.243 e. The molecule has 6 nitrogen and oxygen atoms in total. The van der Waals surface area contributed by atoms with Crippen molar-refractivity contribution in [2.75, 3.05) is 18.8 Å². The number of nitrogens with two attached hydrogens (primary N) is 2. The van der Waals surface area contributed by atoms with Gasteiger partial charge in [-0.2, -0.15) is 4.31 Å². The number of rotatable bonds is 10. The normalized spacial score (nSPS) is 13.4. The van der Waals surface area contributed by atoms with Gasteiger partial charge in [0.1, 0.15) is 6.29 Å². The van der Waals surface area contributed by atoms with Gasteiger partial charge in [-0.15, -0.1) is 0 Å². The van der Waals surface area contributed by atoms with Crippen LogP contribution in [0.4, 0.5) is 5.69 Å². The number of unbranched alkanes of at least 4 members (excludes halogenated alkanes) is 1. The lowest BCUT2D eigenvalue weighted by Gasteiger charge is -2.29. The second kappa shape index (κ2) is 9.00. The van der Waals surface area contributed by atoms with Crippen LogP contribution in [0.3, 0.4) is 0 Å². The third-order valence-corrected chi connectivity index (χ3v) is 5.42. The van der Waals surface area contributed by atoms with Crippen LogP contribution in [-0.2, 0) is 14.8 Å². The molecule has 0 radical (unpaired) electrons. The molecule has 0 heterocycles. The van der Waals surface area contributed by atoms with E-state index in [0.717, 1.165) is 6.42 Å². The van der Waals surface area contributed by atoms with E-state index in [0.29, 0.717) is 37.9 Å².